The molecule has 1 aromatic carbocycles. The summed E-state index contributed by atoms with van der Waals surface area (Å²) in [5, 5.41) is 2.59. The zero-order valence-corrected chi connectivity index (χ0v) is 16.4. The molecule has 0 unspecified atom stereocenters. The van der Waals surface area contributed by atoms with Crippen LogP contribution in [0.1, 0.15) is 44.1 Å². The number of benzene rings is 1. The van der Waals surface area contributed by atoms with Crippen molar-refractivity contribution in [1.29, 1.82) is 0 Å². The Kier molecular flexibility index (Phi) is 6.92. The minimum absolute atomic E-state index is 0.146. The highest BCUT2D eigenvalue weighted by Gasteiger charge is 2.24. The van der Waals surface area contributed by atoms with Gasteiger partial charge in [-0.2, -0.15) is 0 Å². The largest absolute Gasteiger partial charge is 0.366 e. The van der Waals surface area contributed by atoms with Crippen molar-refractivity contribution in [3.8, 4) is 0 Å². The number of nitrogens with one attached hydrogen (secondary N) is 1. The average molecular weight is 398 g/mol. The second-order valence-electron chi connectivity index (χ2n) is 6.99. The van der Waals surface area contributed by atoms with Gasteiger partial charge in [0, 0.05) is 31.1 Å². The van der Waals surface area contributed by atoms with Crippen LogP contribution in [0.5, 0.6) is 0 Å². The number of primary amides is 1. The van der Waals surface area contributed by atoms with Crippen molar-refractivity contribution in [3.63, 3.8) is 0 Å². The summed E-state index contributed by atoms with van der Waals surface area (Å²) in [6.45, 7) is 0.813. The molecule has 0 saturated carbocycles. The molecule has 1 aromatic heterocycles. The topological polar surface area (TPSA) is 130 Å². The predicted molar refractivity (Wildman–Crippen MR) is 107 cm³/mol. The number of pyridine rings is 1. The lowest BCUT2D eigenvalue weighted by molar-refractivity contribution is -0.187. The lowest BCUT2D eigenvalue weighted by Crippen LogP contribution is -2.41. The van der Waals surface area contributed by atoms with E-state index in [0.717, 1.165) is 5.56 Å². The monoisotopic (exact) mass is 398 g/mol. The Morgan fingerprint density at radius 3 is 2.52 bits per heavy atom. The van der Waals surface area contributed by atoms with Gasteiger partial charge in [0.05, 0.1) is 19.3 Å². The molecule has 0 atom stereocenters. The Morgan fingerprint density at radius 2 is 1.90 bits per heavy atom. The second kappa shape index (κ2) is 9.60. The average Bonchev–Trinajstić information content (AvgIpc) is 2.73. The normalized spacial score (nSPS) is 19.0. The molecule has 0 bridgehead atoms. The van der Waals surface area contributed by atoms with Gasteiger partial charge in [-0.1, -0.05) is 30.3 Å². The van der Waals surface area contributed by atoms with Gasteiger partial charge in [0.2, 0.25) is 5.91 Å². The molecule has 2 heterocycles. The highest BCUT2D eigenvalue weighted by Crippen LogP contribution is 2.21. The maximum Gasteiger partial charge on any atom is 0.269 e. The third-order valence-electron chi connectivity index (χ3n) is 4.74. The van der Waals surface area contributed by atoms with Crippen LogP contribution in [-0.4, -0.2) is 49.4 Å². The number of hydrogen-bond donors (Lipinski definition) is 3. The fraction of sp³-hybridized carbons (Fsp3) is 0.381. The van der Waals surface area contributed by atoms with Crippen LogP contribution in [-0.2, 0) is 22.3 Å². The number of nitrogens with two attached hydrogens (primary N) is 2. The molecule has 0 aliphatic carbocycles. The number of carbonyl (C=O) groups excluding carboxylic acids is 2. The van der Waals surface area contributed by atoms with Crippen molar-refractivity contribution in [1.82, 2.24) is 10.3 Å². The van der Waals surface area contributed by atoms with Gasteiger partial charge in [0.25, 0.3) is 5.91 Å². The van der Waals surface area contributed by atoms with Gasteiger partial charge < -0.3 is 26.3 Å². The summed E-state index contributed by atoms with van der Waals surface area (Å²) in [6, 6.07) is 11.2. The first-order chi connectivity index (χ1) is 14.0. The van der Waals surface area contributed by atoms with E-state index in [1.54, 1.807) is 6.07 Å². The van der Waals surface area contributed by atoms with Crippen LogP contribution < -0.4 is 16.8 Å². The van der Waals surface area contributed by atoms with E-state index in [-0.39, 0.29) is 23.2 Å². The molecule has 154 valence electrons. The van der Waals surface area contributed by atoms with Gasteiger partial charge in [-0.15, -0.1) is 0 Å². The molecule has 1 saturated heterocycles. The molecule has 1 aliphatic rings. The second-order valence-corrected chi connectivity index (χ2v) is 6.99. The smallest absolute Gasteiger partial charge is 0.269 e. The van der Waals surface area contributed by atoms with Crippen LogP contribution in [0.3, 0.4) is 0 Å². The quantitative estimate of drug-likeness (QED) is 0.631. The van der Waals surface area contributed by atoms with Crippen molar-refractivity contribution in [2.24, 2.45) is 11.5 Å². The fourth-order valence-electron chi connectivity index (χ4n) is 3.29. The Bertz CT molecular complexity index is 864. The minimum Gasteiger partial charge on any atom is -0.366 e. The molecule has 1 aliphatic heterocycles. The number of hydrogen-bond acceptors (Lipinski definition) is 6. The van der Waals surface area contributed by atoms with Gasteiger partial charge in [-0.25, -0.2) is 4.98 Å². The lowest BCUT2D eigenvalue weighted by atomic mass is 9.97. The van der Waals surface area contributed by atoms with Gasteiger partial charge in [-0.3, -0.25) is 9.59 Å². The number of ether oxygens (including phenoxy) is 2. The van der Waals surface area contributed by atoms with E-state index >= 15 is 0 Å². The zero-order valence-electron chi connectivity index (χ0n) is 16.4. The van der Waals surface area contributed by atoms with E-state index in [0.29, 0.717) is 43.7 Å². The van der Waals surface area contributed by atoms with Gasteiger partial charge >= 0.3 is 0 Å². The summed E-state index contributed by atoms with van der Waals surface area (Å²) in [4.78, 5) is 29.2. The molecule has 2 amide bonds. The minimum atomic E-state index is -0.602. The highest BCUT2D eigenvalue weighted by atomic mass is 16.7. The predicted octanol–water partition coefficient (Wildman–Crippen LogP) is 0.764. The molecule has 8 heteroatoms. The Balaban J connectivity index is 1.90. The molecule has 0 radical (unpaired) electrons. The first kappa shape index (κ1) is 20.9. The number of carbonyl (C=O) groups is 2. The van der Waals surface area contributed by atoms with Crippen molar-refractivity contribution in [2.75, 3.05) is 20.3 Å². The third kappa shape index (κ3) is 5.38. The summed E-state index contributed by atoms with van der Waals surface area (Å²) in [5.74, 6) is -0.973. The molecule has 2 aromatic rings. The van der Waals surface area contributed by atoms with E-state index < -0.39 is 12.2 Å². The first-order valence-electron chi connectivity index (χ1n) is 9.55. The van der Waals surface area contributed by atoms with Crippen molar-refractivity contribution < 1.29 is 19.1 Å². The van der Waals surface area contributed by atoms with Crippen LogP contribution in [0.15, 0.2) is 36.4 Å². The van der Waals surface area contributed by atoms with E-state index in [4.69, 9.17) is 20.9 Å². The van der Waals surface area contributed by atoms with Crippen LogP contribution in [0, 0.1) is 0 Å². The molecule has 29 heavy (non-hydrogen) atoms. The molecule has 1 fully saturated rings. The molecule has 5 N–H and O–H groups in total. The lowest BCUT2D eigenvalue weighted by Gasteiger charge is -2.27. The molecular formula is C21H26N4O4. The zero-order chi connectivity index (χ0) is 20.8. The molecular weight excluding hydrogens is 372 g/mol. The van der Waals surface area contributed by atoms with Crippen LogP contribution in [0.2, 0.25) is 0 Å². The van der Waals surface area contributed by atoms with Crippen LogP contribution >= 0.6 is 0 Å². The molecule has 3 rings (SSSR count). The Labute approximate surface area is 169 Å². The summed E-state index contributed by atoms with van der Waals surface area (Å²) in [7, 11) is 1.52. The van der Waals surface area contributed by atoms with Crippen LogP contribution in [0.25, 0.3) is 0 Å². The Hall–Kier alpha value is -2.81. The summed E-state index contributed by atoms with van der Waals surface area (Å²) < 4.78 is 11.1. The maximum absolute atomic E-state index is 12.5. The SMILES string of the molecule is CNC(=O)c1nc(Cc2ccccc2)cc(C(N)=O)c1CCC1OCC(N)CO1. The Morgan fingerprint density at radius 1 is 1.21 bits per heavy atom. The molecule has 0 spiro atoms. The van der Waals surface area contributed by atoms with Gasteiger partial charge in [0.15, 0.2) is 6.29 Å². The van der Waals surface area contributed by atoms with E-state index in [1.165, 1.54) is 7.05 Å². The summed E-state index contributed by atoms with van der Waals surface area (Å²) in [6.07, 6.45) is 0.853. The van der Waals surface area contributed by atoms with Crippen molar-refractivity contribution >= 4 is 11.8 Å². The van der Waals surface area contributed by atoms with Gasteiger partial charge in [0.1, 0.15) is 5.69 Å². The highest BCUT2D eigenvalue weighted by molar-refractivity contribution is 6.00. The molecule has 8 nitrogen and oxygen atoms in total. The van der Waals surface area contributed by atoms with E-state index in [9.17, 15) is 9.59 Å². The van der Waals surface area contributed by atoms with E-state index in [2.05, 4.69) is 10.3 Å². The van der Waals surface area contributed by atoms with Crippen molar-refractivity contribution in [2.45, 2.75) is 31.6 Å². The standard InChI is InChI=1S/C21H26N4O4/c1-24-21(27)19-16(7-8-18-28-11-14(22)12-29-18)17(20(23)26)10-15(25-19)9-13-5-3-2-4-6-13/h2-6,10,14,18H,7-9,11-12,22H2,1H3,(H2,23,26)(H,24,27). The number of nitrogens with zero attached hydrogens (tertiary/aromatic N) is 1. The summed E-state index contributed by atoms with van der Waals surface area (Å²) >= 11 is 0. The van der Waals surface area contributed by atoms with Crippen molar-refractivity contribution in [3.05, 3.63) is 64.5 Å². The third-order valence-corrected chi connectivity index (χ3v) is 4.74. The number of rotatable bonds is 7. The first-order valence-corrected chi connectivity index (χ1v) is 9.55. The van der Waals surface area contributed by atoms with Gasteiger partial charge in [-0.05, 0) is 23.6 Å². The maximum atomic E-state index is 12.5. The fourth-order valence-corrected chi connectivity index (χ4v) is 3.29. The van der Waals surface area contributed by atoms with E-state index in [1.807, 2.05) is 30.3 Å². The summed E-state index contributed by atoms with van der Waals surface area (Å²) in [5.41, 5.74) is 14.0. The number of aromatic nitrogens is 1. The number of amides is 2. The van der Waals surface area contributed by atoms with Crippen LogP contribution in [0.4, 0.5) is 0 Å².